The third-order valence-electron chi connectivity index (χ3n) is 4.87. The molecule has 112 valence electrons. The van der Waals surface area contributed by atoms with Gasteiger partial charge in [0.25, 0.3) is 0 Å². The first kappa shape index (κ1) is 16.2. The van der Waals surface area contributed by atoms with E-state index in [-0.39, 0.29) is 16.1 Å². The van der Waals surface area contributed by atoms with Crippen molar-refractivity contribution in [2.45, 2.75) is 89.9 Å². The largest absolute Gasteiger partial charge is 0.259 e. The van der Waals surface area contributed by atoms with Crippen molar-refractivity contribution in [1.29, 1.82) is 0 Å². The van der Waals surface area contributed by atoms with Crippen LogP contribution in [0.3, 0.4) is 0 Å². The van der Waals surface area contributed by atoms with Crippen molar-refractivity contribution in [3.63, 3.8) is 0 Å². The van der Waals surface area contributed by atoms with Gasteiger partial charge in [-0.25, -0.2) is 0 Å². The molecular formula is C16H33NP2. The highest BCUT2D eigenvalue weighted by atomic mass is 31.2. The Balaban J connectivity index is 2.20. The van der Waals surface area contributed by atoms with E-state index in [1.165, 1.54) is 32.2 Å². The summed E-state index contributed by atoms with van der Waals surface area (Å²) >= 11 is 0. The van der Waals surface area contributed by atoms with Crippen LogP contribution < -0.4 is 0 Å². The van der Waals surface area contributed by atoms with Crippen LogP contribution in [0.1, 0.15) is 67.2 Å². The molecule has 19 heavy (non-hydrogen) atoms. The molecule has 0 saturated carbocycles. The van der Waals surface area contributed by atoms with Crippen LogP contribution in [-0.4, -0.2) is 33.6 Å². The van der Waals surface area contributed by atoms with Crippen molar-refractivity contribution >= 4 is 16.1 Å². The van der Waals surface area contributed by atoms with Gasteiger partial charge in [-0.2, -0.15) is 0 Å². The number of hydrogen-bond donors (Lipinski definition) is 0. The van der Waals surface area contributed by atoms with Crippen LogP contribution in [-0.2, 0) is 0 Å². The molecular weight excluding hydrogens is 268 g/mol. The predicted molar refractivity (Wildman–Crippen MR) is 91.7 cm³/mol. The fourth-order valence-electron chi connectivity index (χ4n) is 3.91. The molecule has 0 N–H and O–H groups in total. The predicted octanol–water partition coefficient (Wildman–Crippen LogP) is 5.88. The molecule has 2 rings (SSSR count). The summed E-state index contributed by atoms with van der Waals surface area (Å²) in [5.74, 6) is 0.824. The Morgan fingerprint density at radius 1 is 0.789 bits per heavy atom. The summed E-state index contributed by atoms with van der Waals surface area (Å²) in [6, 6.07) is 0. The first-order chi connectivity index (χ1) is 8.91. The standard InChI is InChI=1S/C16H33NP2/c1-12(2)11-17(18-13(3)7-8-14(18)4)19-15(5)9-10-16(19)6/h12-16H,7-11H2,1-6H3. The second-order valence-electron chi connectivity index (χ2n) is 7.26. The Bertz CT molecular complexity index is 250. The molecule has 3 heteroatoms. The molecule has 4 unspecified atom stereocenters. The Morgan fingerprint density at radius 3 is 1.37 bits per heavy atom. The van der Waals surface area contributed by atoms with E-state index in [1.807, 2.05) is 0 Å². The quantitative estimate of drug-likeness (QED) is 0.586. The Hall–Kier alpha value is 0.820. The van der Waals surface area contributed by atoms with Gasteiger partial charge >= 0.3 is 0 Å². The van der Waals surface area contributed by atoms with Gasteiger partial charge in [-0.1, -0.05) is 41.5 Å². The van der Waals surface area contributed by atoms with Gasteiger partial charge in [0.05, 0.1) is 0 Å². The Kier molecular flexibility index (Phi) is 5.73. The van der Waals surface area contributed by atoms with Crippen LogP contribution in [0.25, 0.3) is 0 Å². The lowest BCUT2D eigenvalue weighted by atomic mass is 10.2. The van der Waals surface area contributed by atoms with Crippen molar-refractivity contribution in [2.75, 3.05) is 6.54 Å². The van der Waals surface area contributed by atoms with Gasteiger partial charge in [-0.05, 0) is 70.4 Å². The molecule has 1 nitrogen and oxygen atoms in total. The zero-order valence-electron chi connectivity index (χ0n) is 13.8. The van der Waals surface area contributed by atoms with E-state index >= 15 is 0 Å². The summed E-state index contributed by atoms with van der Waals surface area (Å²) < 4.78 is 3.08. The Labute approximate surface area is 123 Å². The van der Waals surface area contributed by atoms with Gasteiger partial charge in [-0.3, -0.25) is 4.44 Å². The van der Waals surface area contributed by atoms with Gasteiger partial charge in [-0.15, -0.1) is 0 Å². The summed E-state index contributed by atoms with van der Waals surface area (Å²) in [7, 11) is 0.269. The van der Waals surface area contributed by atoms with Crippen LogP contribution in [0.2, 0.25) is 0 Å². The van der Waals surface area contributed by atoms with Gasteiger partial charge in [0, 0.05) is 6.54 Å². The van der Waals surface area contributed by atoms with E-state index in [4.69, 9.17) is 0 Å². The number of hydrogen-bond acceptors (Lipinski definition) is 1. The van der Waals surface area contributed by atoms with E-state index in [9.17, 15) is 0 Å². The first-order valence-corrected chi connectivity index (χ1v) is 11.1. The van der Waals surface area contributed by atoms with Gasteiger partial charge in [0.1, 0.15) is 0 Å². The van der Waals surface area contributed by atoms with E-state index < -0.39 is 0 Å². The number of nitrogens with zero attached hydrogens (tertiary/aromatic N) is 1. The summed E-state index contributed by atoms with van der Waals surface area (Å²) in [6.07, 6.45) is 5.92. The fraction of sp³-hybridized carbons (Fsp3) is 1.00. The van der Waals surface area contributed by atoms with Crippen LogP contribution >= 0.6 is 16.1 Å². The molecule has 2 heterocycles. The molecule has 2 saturated heterocycles. The molecule has 0 aliphatic carbocycles. The van der Waals surface area contributed by atoms with Gasteiger partial charge in [0.15, 0.2) is 0 Å². The van der Waals surface area contributed by atoms with Gasteiger partial charge in [0.2, 0.25) is 0 Å². The average Bonchev–Trinajstić information content (AvgIpc) is 2.81. The molecule has 0 aromatic heterocycles. The van der Waals surface area contributed by atoms with Crippen molar-refractivity contribution in [2.24, 2.45) is 5.92 Å². The highest BCUT2D eigenvalue weighted by Gasteiger charge is 2.43. The van der Waals surface area contributed by atoms with Crippen molar-refractivity contribution in [3.8, 4) is 0 Å². The van der Waals surface area contributed by atoms with Crippen LogP contribution in [0.15, 0.2) is 0 Å². The molecule has 0 amide bonds. The smallest absolute Gasteiger partial charge is 0.00852 e. The second-order valence-corrected chi connectivity index (χ2v) is 13.6. The lowest BCUT2D eigenvalue weighted by molar-refractivity contribution is 0.529. The third-order valence-corrected chi connectivity index (χ3v) is 12.2. The number of rotatable bonds is 4. The molecule has 0 aromatic rings. The molecule has 0 radical (unpaired) electrons. The van der Waals surface area contributed by atoms with Crippen molar-refractivity contribution in [1.82, 2.24) is 4.44 Å². The normalized spacial score (nSPS) is 43.6. The third kappa shape index (κ3) is 3.53. The van der Waals surface area contributed by atoms with Crippen LogP contribution in [0, 0.1) is 5.92 Å². The van der Waals surface area contributed by atoms with E-state index in [0.717, 1.165) is 28.6 Å². The molecule has 0 spiro atoms. The minimum atomic E-state index is 0.134. The topological polar surface area (TPSA) is 3.24 Å². The highest BCUT2D eigenvalue weighted by Crippen LogP contribution is 2.71. The maximum absolute atomic E-state index is 3.08. The Morgan fingerprint density at radius 2 is 1.11 bits per heavy atom. The monoisotopic (exact) mass is 301 g/mol. The van der Waals surface area contributed by atoms with Crippen LogP contribution in [0.5, 0.6) is 0 Å². The highest BCUT2D eigenvalue weighted by molar-refractivity contribution is 7.72. The van der Waals surface area contributed by atoms with E-state index in [0.29, 0.717) is 0 Å². The SMILES string of the molecule is CC(C)CN(P1C(C)CCC1C)P1C(C)CCC1C. The molecule has 0 bridgehead atoms. The first-order valence-electron chi connectivity index (χ1n) is 8.25. The van der Waals surface area contributed by atoms with Crippen molar-refractivity contribution < 1.29 is 0 Å². The second kappa shape index (κ2) is 6.72. The summed E-state index contributed by atoms with van der Waals surface area (Å²) in [5, 5.41) is 0. The lowest BCUT2D eigenvalue weighted by Gasteiger charge is -2.43. The minimum absolute atomic E-state index is 0.134. The van der Waals surface area contributed by atoms with Gasteiger partial charge < -0.3 is 0 Å². The maximum atomic E-state index is 3.08. The molecule has 2 aliphatic rings. The fourth-order valence-corrected chi connectivity index (χ4v) is 13.2. The van der Waals surface area contributed by atoms with E-state index in [1.54, 1.807) is 0 Å². The lowest BCUT2D eigenvalue weighted by Crippen LogP contribution is -2.26. The summed E-state index contributed by atoms with van der Waals surface area (Å²) in [4.78, 5) is 0. The maximum Gasteiger partial charge on any atom is 0.00852 e. The minimum Gasteiger partial charge on any atom is -0.259 e. The van der Waals surface area contributed by atoms with E-state index in [2.05, 4.69) is 46.0 Å². The molecule has 2 fully saturated rings. The zero-order chi connectivity index (χ0) is 14.2. The zero-order valence-corrected chi connectivity index (χ0v) is 15.6. The average molecular weight is 301 g/mol. The molecule has 2 aliphatic heterocycles. The summed E-state index contributed by atoms with van der Waals surface area (Å²) in [5.41, 5.74) is 3.91. The molecule has 0 aromatic carbocycles. The summed E-state index contributed by atoms with van der Waals surface area (Å²) in [6.45, 7) is 16.3. The molecule has 4 atom stereocenters. The van der Waals surface area contributed by atoms with Crippen LogP contribution in [0.4, 0.5) is 0 Å². The van der Waals surface area contributed by atoms with Crippen molar-refractivity contribution in [3.05, 3.63) is 0 Å².